The Morgan fingerprint density at radius 1 is 1.56 bits per heavy atom. The summed E-state index contributed by atoms with van der Waals surface area (Å²) in [5.74, 6) is 2.22. The molecule has 88 valence electrons. The summed E-state index contributed by atoms with van der Waals surface area (Å²) < 4.78 is 0.372. The van der Waals surface area contributed by atoms with E-state index in [2.05, 4.69) is 29.0 Å². The van der Waals surface area contributed by atoms with Crippen molar-refractivity contribution in [2.45, 2.75) is 31.4 Å². The number of thioether (sulfide) groups is 1. The Labute approximate surface area is 101 Å². The molecule has 0 bridgehead atoms. The van der Waals surface area contributed by atoms with Gasteiger partial charge in [-0.25, -0.2) is 4.98 Å². The van der Waals surface area contributed by atoms with Gasteiger partial charge in [0.15, 0.2) is 0 Å². The Hall–Kier alpha value is -0.900. The van der Waals surface area contributed by atoms with Crippen LogP contribution >= 0.6 is 11.8 Å². The van der Waals surface area contributed by atoms with Gasteiger partial charge in [-0.05, 0) is 44.6 Å². The molecular weight excluding hydrogens is 218 g/mol. The smallest absolute Gasteiger partial charge is 0.126 e. The molecule has 4 heteroatoms. The van der Waals surface area contributed by atoms with Crippen molar-refractivity contribution in [3.63, 3.8) is 0 Å². The Bertz CT molecular complexity index is 373. The lowest BCUT2D eigenvalue weighted by Gasteiger charge is -2.23. The molecule has 3 nitrogen and oxygen atoms in total. The summed E-state index contributed by atoms with van der Waals surface area (Å²) in [6, 6.07) is 3.86. The van der Waals surface area contributed by atoms with E-state index in [1.165, 1.54) is 18.6 Å². The number of nitrogens with zero attached hydrogens (tertiary/aromatic N) is 1. The molecule has 0 saturated carbocycles. The Morgan fingerprint density at radius 2 is 2.38 bits per heavy atom. The van der Waals surface area contributed by atoms with Crippen LogP contribution in [-0.4, -0.2) is 22.0 Å². The number of rotatable bonds is 3. The molecule has 1 aromatic heterocycles. The SMILES string of the molecule is Cc1nc(NCC2(C)CCCS2)ccc1N. The first kappa shape index (κ1) is 11.6. The van der Waals surface area contributed by atoms with E-state index in [9.17, 15) is 0 Å². The number of nitrogen functional groups attached to an aromatic ring is 1. The second-order valence-corrected chi connectivity index (χ2v) is 6.31. The van der Waals surface area contributed by atoms with E-state index in [0.29, 0.717) is 4.75 Å². The van der Waals surface area contributed by atoms with Crippen molar-refractivity contribution in [2.75, 3.05) is 23.3 Å². The van der Waals surface area contributed by atoms with E-state index < -0.39 is 0 Å². The third-order valence-corrected chi connectivity index (χ3v) is 4.61. The second kappa shape index (κ2) is 4.53. The van der Waals surface area contributed by atoms with Gasteiger partial charge in [0.25, 0.3) is 0 Å². The van der Waals surface area contributed by atoms with E-state index in [0.717, 1.165) is 23.7 Å². The normalized spacial score (nSPS) is 24.6. The van der Waals surface area contributed by atoms with E-state index in [1.807, 2.05) is 19.1 Å². The van der Waals surface area contributed by atoms with E-state index >= 15 is 0 Å². The zero-order chi connectivity index (χ0) is 11.6. The zero-order valence-corrected chi connectivity index (χ0v) is 10.7. The highest BCUT2D eigenvalue weighted by Gasteiger charge is 2.29. The molecule has 1 fully saturated rings. The monoisotopic (exact) mass is 237 g/mol. The highest BCUT2D eigenvalue weighted by Crippen LogP contribution is 2.37. The first-order valence-corrected chi connectivity index (χ1v) is 6.69. The van der Waals surface area contributed by atoms with Crippen LogP contribution in [-0.2, 0) is 0 Å². The van der Waals surface area contributed by atoms with Gasteiger partial charge in [-0.2, -0.15) is 11.8 Å². The van der Waals surface area contributed by atoms with Crippen LogP contribution in [0.4, 0.5) is 11.5 Å². The molecule has 2 heterocycles. The number of nitrogens with one attached hydrogen (secondary N) is 1. The molecule has 0 aromatic carbocycles. The molecule has 1 unspecified atom stereocenters. The second-order valence-electron chi connectivity index (χ2n) is 4.63. The van der Waals surface area contributed by atoms with Crippen LogP contribution in [0.15, 0.2) is 12.1 Å². The zero-order valence-electron chi connectivity index (χ0n) is 9.92. The first-order valence-electron chi connectivity index (χ1n) is 5.70. The minimum Gasteiger partial charge on any atom is -0.397 e. The Kier molecular flexibility index (Phi) is 3.28. The van der Waals surface area contributed by atoms with Gasteiger partial charge in [0.05, 0.1) is 11.4 Å². The average molecular weight is 237 g/mol. The summed E-state index contributed by atoms with van der Waals surface area (Å²) in [4.78, 5) is 4.42. The summed E-state index contributed by atoms with van der Waals surface area (Å²) >= 11 is 2.06. The number of nitrogens with two attached hydrogens (primary N) is 1. The summed E-state index contributed by atoms with van der Waals surface area (Å²) in [6.45, 7) is 5.24. The molecule has 0 amide bonds. The molecule has 1 aromatic rings. The van der Waals surface area contributed by atoms with Crippen LogP contribution in [0, 0.1) is 6.92 Å². The van der Waals surface area contributed by atoms with Gasteiger partial charge in [-0.1, -0.05) is 0 Å². The van der Waals surface area contributed by atoms with Crippen LogP contribution < -0.4 is 11.1 Å². The lowest BCUT2D eigenvalue weighted by molar-refractivity contribution is 0.633. The number of aromatic nitrogens is 1. The molecule has 16 heavy (non-hydrogen) atoms. The summed E-state index contributed by atoms with van der Waals surface area (Å²) in [5.41, 5.74) is 7.39. The van der Waals surface area contributed by atoms with E-state index in [4.69, 9.17) is 5.73 Å². The fourth-order valence-electron chi connectivity index (χ4n) is 1.92. The van der Waals surface area contributed by atoms with Crippen molar-refractivity contribution in [1.82, 2.24) is 4.98 Å². The van der Waals surface area contributed by atoms with Crippen LogP contribution in [0.1, 0.15) is 25.5 Å². The molecule has 0 spiro atoms. The highest BCUT2D eigenvalue weighted by molar-refractivity contribution is 8.00. The molecule has 3 N–H and O–H groups in total. The van der Waals surface area contributed by atoms with Crippen molar-refractivity contribution in [3.05, 3.63) is 17.8 Å². The maximum absolute atomic E-state index is 5.74. The van der Waals surface area contributed by atoms with E-state index in [1.54, 1.807) is 0 Å². The van der Waals surface area contributed by atoms with Crippen LogP contribution in [0.5, 0.6) is 0 Å². The maximum Gasteiger partial charge on any atom is 0.126 e. The van der Waals surface area contributed by atoms with E-state index in [-0.39, 0.29) is 0 Å². The first-order chi connectivity index (χ1) is 7.59. The maximum atomic E-state index is 5.74. The van der Waals surface area contributed by atoms with Gasteiger partial charge in [-0.3, -0.25) is 0 Å². The van der Waals surface area contributed by atoms with Gasteiger partial charge in [0.2, 0.25) is 0 Å². The Balaban J connectivity index is 1.96. The lowest BCUT2D eigenvalue weighted by Crippen LogP contribution is -2.27. The molecule has 1 aliphatic rings. The predicted octanol–water partition coefficient (Wildman–Crippen LogP) is 2.67. The van der Waals surface area contributed by atoms with Crippen LogP contribution in [0.2, 0.25) is 0 Å². The number of hydrogen-bond acceptors (Lipinski definition) is 4. The molecule has 1 saturated heterocycles. The molecule has 0 aliphatic carbocycles. The number of anilines is 2. The van der Waals surface area contributed by atoms with Crippen molar-refractivity contribution in [1.29, 1.82) is 0 Å². The van der Waals surface area contributed by atoms with Crippen LogP contribution in [0.3, 0.4) is 0 Å². The average Bonchev–Trinajstić information content (AvgIpc) is 2.68. The fraction of sp³-hybridized carbons (Fsp3) is 0.583. The number of hydrogen-bond donors (Lipinski definition) is 2. The largest absolute Gasteiger partial charge is 0.397 e. The standard InChI is InChI=1S/C12H19N3S/c1-9-10(13)4-5-11(15-9)14-8-12(2)6-3-7-16-12/h4-5H,3,6-8,13H2,1-2H3,(H,14,15). The molecule has 1 atom stereocenters. The van der Waals surface area contributed by atoms with Crippen LogP contribution in [0.25, 0.3) is 0 Å². The quantitative estimate of drug-likeness (QED) is 0.848. The molecule has 2 rings (SSSR count). The third-order valence-electron chi connectivity index (χ3n) is 3.07. The lowest BCUT2D eigenvalue weighted by atomic mass is 10.1. The van der Waals surface area contributed by atoms with Crippen molar-refractivity contribution >= 4 is 23.3 Å². The molecule has 0 radical (unpaired) electrons. The van der Waals surface area contributed by atoms with Crippen molar-refractivity contribution in [2.24, 2.45) is 0 Å². The van der Waals surface area contributed by atoms with Gasteiger partial charge < -0.3 is 11.1 Å². The fourth-order valence-corrected chi connectivity index (χ4v) is 3.17. The van der Waals surface area contributed by atoms with Gasteiger partial charge in [-0.15, -0.1) is 0 Å². The van der Waals surface area contributed by atoms with Gasteiger partial charge in [0, 0.05) is 11.3 Å². The molecular formula is C12H19N3S. The summed E-state index contributed by atoms with van der Waals surface area (Å²) in [5, 5.41) is 3.41. The summed E-state index contributed by atoms with van der Waals surface area (Å²) in [7, 11) is 0. The number of pyridine rings is 1. The van der Waals surface area contributed by atoms with Crippen molar-refractivity contribution < 1.29 is 0 Å². The van der Waals surface area contributed by atoms with Crippen molar-refractivity contribution in [3.8, 4) is 0 Å². The third kappa shape index (κ3) is 2.61. The van der Waals surface area contributed by atoms with Gasteiger partial charge >= 0.3 is 0 Å². The number of aryl methyl sites for hydroxylation is 1. The minimum absolute atomic E-state index is 0.372. The summed E-state index contributed by atoms with van der Waals surface area (Å²) in [6.07, 6.45) is 2.62. The topological polar surface area (TPSA) is 50.9 Å². The molecule has 1 aliphatic heterocycles. The van der Waals surface area contributed by atoms with Gasteiger partial charge in [0.1, 0.15) is 5.82 Å². The Morgan fingerprint density at radius 3 is 3.00 bits per heavy atom. The highest BCUT2D eigenvalue weighted by atomic mass is 32.2. The predicted molar refractivity (Wildman–Crippen MR) is 72.0 cm³/mol. The minimum atomic E-state index is 0.372.